The SMILES string of the molecule is COc1ccc(N(c2ccc(OC)cc2)c2cc3sc4cc(-c5ccc(C=C(C#N)C#N)c6nc(C#N)c(C#N)nc56)sc4c3s2)cc1. The van der Waals surface area contributed by atoms with E-state index in [1.165, 1.54) is 6.08 Å². The van der Waals surface area contributed by atoms with Crippen LogP contribution in [0.5, 0.6) is 11.5 Å². The number of methoxy groups -OCH3 is 2. The number of nitrogens with zero attached hydrogens (tertiary/aromatic N) is 7. The fourth-order valence-corrected chi connectivity index (χ4v) is 9.39. The van der Waals surface area contributed by atoms with Gasteiger partial charge in [-0.2, -0.15) is 21.0 Å². The molecular formula is C36H19N7O2S3. The van der Waals surface area contributed by atoms with Gasteiger partial charge in [0.15, 0.2) is 11.4 Å². The smallest absolute Gasteiger partial charge is 0.177 e. The maximum Gasteiger partial charge on any atom is 0.177 e. The van der Waals surface area contributed by atoms with Gasteiger partial charge in [0.2, 0.25) is 0 Å². The Morgan fingerprint density at radius 1 is 0.688 bits per heavy atom. The van der Waals surface area contributed by atoms with Crippen LogP contribution in [0.25, 0.3) is 46.3 Å². The van der Waals surface area contributed by atoms with Crippen molar-refractivity contribution in [2.24, 2.45) is 0 Å². The van der Waals surface area contributed by atoms with Gasteiger partial charge in [0, 0.05) is 36.8 Å². The van der Waals surface area contributed by atoms with Gasteiger partial charge in [-0.25, -0.2) is 9.97 Å². The van der Waals surface area contributed by atoms with E-state index < -0.39 is 0 Å². The Balaban J connectivity index is 1.37. The van der Waals surface area contributed by atoms with Crippen LogP contribution in [0.2, 0.25) is 0 Å². The molecule has 12 heteroatoms. The van der Waals surface area contributed by atoms with Gasteiger partial charge in [-0.15, -0.1) is 34.0 Å². The summed E-state index contributed by atoms with van der Waals surface area (Å²) in [4.78, 5) is 12.1. The average Bonchev–Trinajstić information content (AvgIpc) is 3.82. The molecule has 0 fully saturated rings. The Bertz CT molecular complexity index is 2520. The van der Waals surface area contributed by atoms with Crippen LogP contribution in [-0.4, -0.2) is 24.2 Å². The summed E-state index contributed by atoms with van der Waals surface area (Å²) in [5.74, 6) is 1.55. The molecule has 0 radical (unpaired) electrons. The molecule has 0 atom stereocenters. The maximum atomic E-state index is 9.71. The largest absolute Gasteiger partial charge is 0.497 e. The highest BCUT2D eigenvalue weighted by Crippen LogP contribution is 2.51. The molecule has 7 rings (SSSR count). The van der Waals surface area contributed by atoms with E-state index in [0.717, 1.165) is 57.1 Å². The second kappa shape index (κ2) is 12.5. The minimum absolute atomic E-state index is 0.0889. The molecule has 0 aliphatic rings. The average molecular weight is 678 g/mol. The molecule has 9 nitrogen and oxygen atoms in total. The summed E-state index contributed by atoms with van der Waals surface area (Å²) in [5, 5.41) is 39.1. The molecule has 4 heterocycles. The normalized spacial score (nSPS) is 10.6. The zero-order chi connectivity index (χ0) is 33.4. The Morgan fingerprint density at radius 3 is 1.81 bits per heavy atom. The lowest BCUT2D eigenvalue weighted by Gasteiger charge is -2.24. The first-order chi connectivity index (χ1) is 23.5. The lowest BCUT2D eigenvalue weighted by atomic mass is 10.0. The van der Waals surface area contributed by atoms with Crippen molar-refractivity contribution in [1.29, 1.82) is 21.0 Å². The Labute approximate surface area is 286 Å². The summed E-state index contributed by atoms with van der Waals surface area (Å²) in [6, 6.07) is 31.4. The second-order valence-electron chi connectivity index (χ2n) is 10.2. The number of ether oxygens (including phenoxy) is 2. The topological polar surface area (TPSA) is 143 Å². The van der Waals surface area contributed by atoms with E-state index in [1.54, 1.807) is 54.3 Å². The Morgan fingerprint density at radius 2 is 1.25 bits per heavy atom. The highest BCUT2D eigenvalue weighted by molar-refractivity contribution is 7.40. The summed E-state index contributed by atoms with van der Waals surface area (Å²) in [5.41, 5.74) is 3.59. The standard InChI is InChI=1S/C36H19N7O2S3/c1-44-24-8-4-22(5-9-24)43(23-6-10-25(45-2)11-7-23)32-15-31-36(48-32)35-30(46-31)14-29(47-35)26-12-3-21(13-20(16-37)17-38)33-34(26)42-28(19-40)27(18-39)41-33/h3-15H,1-2H3. The molecule has 0 bridgehead atoms. The second-order valence-corrected chi connectivity index (χ2v) is 13.4. The number of rotatable bonds is 7. The van der Waals surface area contributed by atoms with Crippen molar-refractivity contribution in [3.8, 4) is 46.2 Å². The molecule has 0 spiro atoms. The molecule has 3 aromatic carbocycles. The molecule has 228 valence electrons. The van der Waals surface area contributed by atoms with Crippen LogP contribution in [0.15, 0.2) is 78.4 Å². The fraction of sp³-hybridized carbons (Fsp3) is 0.0556. The first-order valence-electron chi connectivity index (χ1n) is 14.2. The van der Waals surface area contributed by atoms with E-state index in [9.17, 15) is 21.0 Å². The summed E-state index contributed by atoms with van der Waals surface area (Å²) in [7, 11) is 3.30. The Kier molecular flexibility index (Phi) is 7.90. The number of aromatic nitrogens is 2. The number of hydrogen-bond acceptors (Lipinski definition) is 12. The number of anilines is 3. The van der Waals surface area contributed by atoms with Crippen molar-refractivity contribution in [2.45, 2.75) is 0 Å². The van der Waals surface area contributed by atoms with Crippen molar-refractivity contribution < 1.29 is 9.47 Å². The third-order valence-electron chi connectivity index (χ3n) is 7.56. The van der Waals surface area contributed by atoms with E-state index >= 15 is 0 Å². The van der Waals surface area contributed by atoms with Crippen molar-refractivity contribution in [3.05, 3.63) is 95.3 Å². The molecule has 7 aromatic rings. The van der Waals surface area contributed by atoms with Crippen molar-refractivity contribution in [3.63, 3.8) is 0 Å². The van der Waals surface area contributed by atoms with Crippen molar-refractivity contribution in [1.82, 2.24) is 9.97 Å². The molecule has 0 saturated heterocycles. The molecule has 0 unspecified atom stereocenters. The van der Waals surface area contributed by atoms with E-state index in [2.05, 4.69) is 27.0 Å². The van der Waals surface area contributed by atoms with Crippen LogP contribution >= 0.6 is 34.0 Å². The minimum Gasteiger partial charge on any atom is -0.497 e. The zero-order valence-corrected chi connectivity index (χ0v) is 27.6. The van der Waals surface area contributed by atoms with E-state index in [-0.39, 0.29) is 17.0 Å². The fourth-order valence-electron chi connectivity index (χ4n) is 5.30. The summed E-state index contributed by atoms with van der Waals surface area (Å²) >= 11 is 5.01. The molecule has 0 N–H and O–H groups in total. The number of nitriles is 4. The van der Waals surface area contributed by atoms with Crippen LogP contribution in [-0.2, 0) is 0 Å². The third kappa shape index (κ3) is 5.23. The lowest BCUT2D eigenvalue weighted by molar-refractivity contribution is 0.415. The van der Waals surface area contributed by atoms with Crippen LogP contribution in [0, 0.1) is 45.3 Å². The van der Waals surface area contributed by atoms with Gasteiger partial charge in [-0.3, -0.25) is 0 Å². The van der Waals surface area contributed by atoms with Crippen LogP contribution in [0.1, 0.15) is 17.0 Å². The zero-order valence-electron chi connectivity index (χ0n) is 25.2. The van der Waals surface area contributed by atoms with Gasteiger partial charge < -0.3 is 14.4 Å². The number of benzene rings is 3. The number of fused-ring (bicyclic) bond motifs is 4. The number of allylic oxidation sites excluding steroid dienone is 1. The van der Waals surface area contributed by atoms with Gasteiger partial charge in [0.25, 0.3) is 0 Å². The predicted molar refractivity (Wildman–Crippen MR) is 190 cm³/mol. The molecule has 0 amide bonds. The van der Waals surface area contributed by atoms with Gasteiger partial charge in [-0.1, -0.05) is 12.1 Å². The van der Waals surface area contributed by atoms with Crippen LogP contribution in [0.4, 0.5) is 16.4 Å². The quantitative estimate of drug-likeness (QED) is 0.151. The highest BCUT2D eigenvalue weighted by atomic mass is 32.1. The van der Waals surface area contributed by atoms with E-state index in [0.29, 0.717) is 16.6 Å². The summed E-state index contributed by atoms with van der Waals surface area (Å²) < 4.78 is 15.4. The molecule has 0 aliphatic carbocycles. The first-order valence-corrected chi connectivity index (χ1v) is 16.6. The molecule has 0 saturated carbocycles. The van der Waals surface area contributed by atoms with Gasteiger partial charge in [0.05, 0.1) is 34.7 Å². The highest BCUT2D eigenvalue weighted by Gasteiger charge is 2.22. The molecule has 48 heavy (non-hydrogen) atoms. The lowest BCUT2D eigenvalue weighted by Crippen LogP contribution is -2.08. The van der Waals surface area contributed by atoms with Gasteiger partial charge in [-0.05, 0) is 66.7 Å². The van der Waals surface area contributed by atoms with Crippen LogP contribution < -0.4 is 14.4 Å². The molecule has 4 aromatic heterocycles. The Hall–Kier alpha value is -6.28. The molecular weight excluding hydrogens is 659 g/mol. The van der Waals surface area contributed by atoms with Crippen molar-refractivity contribution >= 4 is 86.3 Å². The summed E-state index contributed by atoms with van der Waals surface area (Å²) in [6.45, 7) is 0. The minimum atomic E-state index is -0.120. The number of hydrogen-bond donors (Lipinski definition) is 0. The van der Waals surface area contributed by atoms with Gasteiger partial charge in [0.1, 0.15) is 46.4 Å². The maximum absolute atomic E-state index is 9.71. The third-order valence-corrected chi connectivity index (χ3v) is 11.4. The number of thiophene rings is 3. The van der Waals surface area contributed by atoms with Gasteiger partial charge >= 0.3 is 0 Å². The van der Waals surface area contributed by atoms with Crippen molar-refractivity contribution in [2.75, 3.05) is 19.1 Å². The first kappa shape index (κ1) is 30.4. The van der Waals surface area contributed by atoms with Crippen LogP contribution in [0.3, 0.4) is 0 Å². The van der Waals surface area contributed by atoms with E-state index in [1.807, 2.05) is 78.9 Å². The summed E-state index contributed by atoms with van der Waals surface area (Å²) in [6.07, 6.45) is 1.41. The monoisotopic (exact) mass is 677 g/mol. The predicted octanol–water partition coefficient (Wildman–Crippen LogP) is 9.45. The molecule has 0 aliphatic heterocycles. The van der Waals surface area contributed by atoms with E-state index in [4.69, 9.17) is 9.47 Å².